The monoisotopic (exact) mass is 518 g/mol. The predicted molar refractivity (Wildman–Crippen MR) is 132 cm³/mol. The molecule has 0 saturated carbocycles. The van der Waals surface area contributed by atoms with E-state index in [0.29, 0.717) is 41.4 Å². The van der Waals surface area contributed by atoms with Crippen molar-refractivity contribution in [3.63, 3.8) is 0 Å². The molecule has 5 heterocycles. The number of carbonyl (C=O) groups is 1. The number of amides is 1. The van der Waals surface area contributed by atoms with Crippen LogP contribution in [-0.2, 0) is 17.1 Å². The normalized spacial score (nSPS) is 16.1. The van der Waals surface area contributed by atoms with Gasteiger partial charge in [-0.15, -0.1) is 0 Å². The zero-order valence-electron chi connectivity index (χ0n) is 19.9. The Morgan fingerprint density at radius 3 is 2.81 bits per heavy atom. The molecule has 1 saturated heterocycles. The molecule has 6 rings (SSSR count). The van der Waals surface area contributed by atoms with E-state index in [4.69, 9.17) is 4.52 Å². The summed E-state index contributed by atoms with van der Waals surface area (Å²) < 4.78 is 36.0. The smallest absolute Gasteiger partial charge is 0.274 e. The number of anilines is 1. The Bertz CT molecular complexity index is 1750. The van der Waals surface area contributed by atoms with Gasteiger partial charge in [0.2, 0.25) is 11.7 Å². The molecular weight excluding hydrogens is 496 g/mol. The highest BCUT2D eigenvalue weighted by Crippen LogP contribution is 2.37. The van der Waals surface area contributed by atoms with Crippen molar-refractivity contribution in [2.45, 2.75) is 24.4 Å². The Labute approximate surface area is 211 Å². The van der Waals surface area contributed by atoms with Crippen LogP contribution in [-0.4, -0.2) is 54.3 Å². The largest absolute Gasteiger partial charge is 0.339 e. The minimum atomic E-state index is -3.78. The lowest BCUT2D eigenvalue weighted by Crippen LogP contribution is -2.45. The molecule has 0 spiro atoms. The summed E-state index contributed by atoms with van der Waals surface area (Å²) in [6.45, 7) is 2.22. The molecule has 4 aromatic heterocycles. The van der Waals surface area contributed by atoms with Gasteiger partial charge in [-0.05, 0) is 37.1 Å². The molecule has 13 heteroatoms. The van der Waals surface area contributed by atoms with Crippen molar-refractivity contribution < 1.29 is 17.7 Å². The Kier molecular flexibility index (Phi) is 5.38. The summed E-state index contributed by atoms with van der Waals surface area (Å²) in [6.07, 6.45) is 6.76. The second kappa shape index (κ2) is 8.64. The van der Waals surface area contributed by atoms with Crippen molar-refractivity contribution in [3.05, 3.63) is 78.5 Å². The molecule has 1 aliphatic heterocycles. The maximum atomic E-state index is 13.0. The van der Waals surface area contributed by atoms with Crippen molar-refractivity contribution in [3.8, 4) is 11.4 Å². The van der Waals surface area contributed by atoms with Crippen LogP contribution in [0.25, 0.3) is 17.0 Å². The van der Waals surface area contributed by atoms with E-state index in [9.17, 15) is 13.2 Å². The number of hydrogen-bond acceptors (Lipinski definition) is 8. The summed E-state index contributed by atoms with van der Waals surface area (Å²) >= 11 is 0. The van der Waals surface area contributed by atoms with Crippen LogP contribution in [0.5, 0.6) is 0 Å². The maximum absolute atomic E-state index is 13.0. The maximum Gasteiger partial charge on any atom is 0.274 e. The van der Waals surface area contributed by atoms with E-state index in [1.54, 1.807) is 28.3 Å². The average molecular weight is 519 g/mol. The number of pyridine rings is 1. The molecule has 1 N–H and O–H groups in total. The minimum Gasteiger partial charge on any atom is -0.339 e. The molecule has 1 aliphatic rings. The zero-order chi connectivity index (χ0) is 25.7. The fourth-order valence-corrected chi connectivity index (χ4v) is 5.81. The van der Waals surface area contributed by atoms with Crippen molar-refractivity contribution in [1.82, 2.24) is 33.4 Å². The third kappa shape index (κ3) is 3.97. The van der Waals surface area contributed by atoms with Crippen molar-refractivity contribution >= 4 is 27.3 Å². The van der Waals surface area contributed by atoms with Crippen LogP contribution in [0.4, 0.5) is 5.69 Å². The number of aryl methyl sites for hydroxylation is 2. The number of aromatic nitrogens is 6. The van der Waals surface area contributed by atoms with Gasteiger partial charge in [0, 0.05) is 37.2 Å². The van der Waals surface area contributed by atoms with Crippen LogP contribution < -0.4 is 5.32 Å². The predicted octanol–water partition coefficient (Wildman–Crippen LogP) is 2.81. The first-order chi connectivity index (χ1) is 17.8. The zero-order valence-corrected chi connectivity index (χ0v) is 20.8. The lowest BCUT2D eigenvalue weighted by Gasteiger charge is -2.36. The first kappa shape index (κ1) is 23.1. The van der Waals surface area contributed by atoms with E-state index in [1.165, 1.54) is 23.0 Å². The molecule has 37 heavy (non-hydrogen) atoms. The molecule has 1 fully saturated rings. The van der Waals surface area contributed by atoms with Crippen LogP contribution in [0.1, 0.15) is 34.4 Å². The number of rotatable bonds is 6. The van der Waals surface area contributed by atoms with Gasteiger partial charge in [-0.25, -0.2) is 18.4 Å². The van der Waals surface area contributed by atoms with Crippen molar-refractivity contribution in [1.29, 1.82) is 0 Å². The third-order valence-electron chi connectivity index (χ3n) is 6.35. The van der Waals surface area contributed by atoms with Crippen LogP contribution in [0, 0.1) is 6.92 Å². The van der Waals surface area contributed by atoms with E-state index in [0.717, 1.165) is 5.56 Å². The summed E-state index contributed by atoms with van der Waals surface area (Å²) in [4.78, 5) is 25.7. The Morgan fingerprint density at radius 1 is 1.19 bits per heavy atom. The summed E-state index contributed by atoms with van der Waals surface area (Å²) in [7, 11) is -2.07. The average Bonchev–Trinajstić information content (AvgIpc) is 3.59. The number of fused-ring (bicyclic) bond motifs is 1. The highest BCUT2D eigenvalue weighted by molar-refractivity contribution is 7.89. The molecule has 5 aromatic rings. The number of nitrogens with zero attached hydrogens (tertiary/aromatic N) is 7. The summed E-state index contributed by atoms with van der Waals surface area (Å²) in [5.41, 5.74) is 3.13. The number of sulfonamides is 1. The molecule has 0 unspecified atom stereocenters. The fraction of sp³-hybridized carbons (Fsp3) is 0.208. The van der Waals surface area contributed by atoms with E-state index in [2.05, 4.69) is 25.4 Å². The molecule has 1 atom stereocenters. The first-order valence-electron chi connectivity index (χ1n) is 11.5. The topological polar surface area (TPSA) is 141 Å². The van der Waals surface area contributed by atoms with Crippen LogP contribution in [0.15, 0.2) is 70.9 Å². The SMILES string of the molecule is Cc1ccc(-c2noc([C@@H]3CCN3S(=O)(=O)c3cn(C)cn3)n2)cc1NC(=O)c1cnc2ccccn12. The van der Waals surface area contributed by atoms with Crippen molar-refractivity contribution in [2.24, 2.45) is 7.05 Å². The lowest BCUT2D eigenvalue weighted by atomic mass is 10.1. The summed E-state index contributed by atoms with van der Waals surface area (Å²) in [6, 6.07) is 10.4. The standard InChI is InChI=1S/C24H22N8O4S/c1-15-6-7-16(11-17(15)27-23(33)19-12-25-20-5-3-4-9-31(19)20)22-28-24(36-29-22)18-8-10-32(18)37(34,35)21-13-30(2)14-26-21/h3-7,9,11-14,18H,8,10H2,1-2H3,(H,27,33)/t18-/m0/s1. The molecule has 0 aliphatic carbocycles. The third-order valence-corrected chi connectivity index (χ3v) is 8.14. The van der Waals surface area contributed by atoms with Crippen molar-refractivity contribution in [2.75, 3.05) is 11.9 Å². The number of carbonyl (C=O) groups excluding carboxylic acids is 1. The van der Waals surface area contributed by atoms with Crippen LogP contribution in [0.3, 0.4) is 0 Å². The Morgan fingerprint density at radius 2 is 2.05 bits per heavy atom. The van der Waals surface area contributed by atoms with E-state index in [1.807, 2.05) is 37.3 Å². The van der Waals surface area contributed by atoms with E-state index < -0.39 is 16.1 Å². The fourth-order valence-electron chi connectivity index (χ4n) is 4.21. The number of nitrogens with one attached hydrogen (secondary N) is 1. The minimum absolute atomic E-state index is 0.0238. The summed E-state index contributed by atoms with van der Waals surface area (Å²) in [5, 5.41) is 6.98. The highest BCUT2D eigenvalue weighted by Gasteiger charge is 2.43. The van der Waals surface area contributed by atoms with Gasteiger partial charge in [-0.1, -0.05) is 23.4 Å². The van der Waals surface area contributed by atoms with E-state index >= 15 is 0 Å². The molecule has 0 radical (unpaired) electrons. The quantitative estimate of drug-likeness (QED) is 0.362. The second-order valence-corrected chi connectivity index (χ2v) is 10.6. The van der Waals surface area contributed by atoms with Gasteiger partial charge in [0.05, 0.1) is 12.5 Å². The second-order valence-electron chi connectivity index (χ2n) is 8.81. The lowest BCUT2D eigenvalue weighted by molar-refractivity contribution is 0.102. The van der Waals surface area contributed by atoms with Gasteiger partial charge in [-0.2, -0.15) is 9.29 Å². The molecule has 0 bridgehead atoms. The number of hydrogen-bond donors (Lipinski definition) is 1. The molecular formula is C24H22N8O4S. The summed E-state index contributed by atoms with van der Waals surface area (Å²) in [5.74, 6) is 0.192. The number of imidazole rings is 2. The van der Waals surface area contributed by atoms with Crippen LogP contribution in [0.2, 0.25) is 0 Å². The molecule has 188 valence electrons. The Hall–Kier alpha value is -4.36. The van der Waals surface area contributed by atoms with Gasteiger partial charge in [0.25, 0.3) is 15.9 Å². The van der Waals surface area contributed by atoms with Gasteiger partial charge in [0.15, 0.2) is 5.03 Å². The Balaban J connectivity index is 1.24. The van der Waals surface area contributed by atoms with E-state index in [-0.39, 0.29) is 16.8 Å². The molecule has 12 nitrogen and oxygen atoms in total. The number of benzene rings is 1. The van der Waals surface area contributed by atoms with Gasteiger partial charge in [-0.3, -0.25) is 9.20 Å². The van der Waals surface area contributed by atoms with Crippen LogP contribution >= 0.6 is 0 Å². The molecule has 1 amide bonds. The first-order valence-corrected chi connectivity index (χ1v) is 12.9. The highest BCUT2D eigenvalue weighted by atomic mass is 32.2. The van der Waals surface area contributed by atoms with Gasteiger partial charge < -0.3 is 14.4 Å². The molecule has 1 aromatic carbocycles. The van der Waals surface area contributed by atoms with Gasteiger partial charge >= 0.3 is 0 Å². The van der Waals surface area contributed by atoms with Gasteiger partial charge in [0.1, 0.15) is 17.4 Å².